The van der Waals surface area contributed by atoms with Crippen LogP contribution in [-0.4, -0.2) is 43.3 Å². The molecule has 0 aromatic heterocycles. The monoisotopic (exact) mass is 264 g/mol. The molecule has 0 aliphatic carbocycles. The fraction of sp³-hybridized carbons (Fsp3) is 1.00. The Balaban J connectivity index is 2.38. The van der Waals surface area contributed by atoms with E-state index in [9.17, 15) is 0 Å². The van der Waals surface area contributed by atoms with Crippen LogP contribution in [0.15, 0.2) is 0 Å². The fourth-order valence-electron chi connectivity index (χ4n) is 0.840. The Morgan fingerprint density at radius 1 is 0.857 bits per heavy atom. The first-order valence-electron chi connectivity index (χ1n) is 4.06. The van der Waals surface area contributed by atoms with Gasteiger partial charge in [-0.2, -0.15) is 0 Å². The summed E-state index contributed by atoms with van der Waals surface area (Å²) in [5.74, 6) is 0. The summed E-state index contributed by atoms with van der Waals surface area (Å²) >= 11 is 16.8. The van der Waals surface area contributed by atoms with Crippen LogP contribution in [0.4, 0.5) is 0 Å². The Morgan fingerprint density at radius 3 is 2.21 bits per heavy atom. The fourth-order valence-corrected chi connectivity index (χ4v) is 1.22. The van der Waals surface area contributed by atoms with E-state index < -0.39 is 10.1 Å². The Kier molecular flexibility index (Phi) is 5.77. The van der Waals surface area contributed by atoms with E-state index >= 15 is 0 Å². The maximum Gasteiger partial charge on any atom is 0.240 e. The molecule has 0 saturated carbocycles. The molecule has 0 amide bonds. The van der Waals surface area contributed by atoms with Crippen LogP contribution in [0.25, 0.3) is 0 Å². The van der Waals surface area contributed by atoms with Gasteiger partial charge in [-0.25, -0.2) is 0 Å². The lowest BCUT2D eigenvalue weighted by molar-refractivity contribution is -0.209. The van der Waals surface area contributed by atoms with Crippen LogP contribution in [0.1, 0.15) is 0 Å². The van der Waals surface area contributed by atoms with E-state index in [1.807, 2.05) is 0 Å². The first kappa shape index (κ1) is 12.8. The zero-order valence-electron chi connectivity index (χ0n) is 7.38. The second-order valence-electron chi connectivity index (χ2n) is 2.55. The molecule has 0 bridgehead atoms. The second kappa shape index (κ2) is 6.33. The predicted octanol–water partition coefficient (Wildman–Crippen LogP) is 1.72. The van der Waals surface area contributed by atoms with E-state index in [0.29, 0.717) is 26.4 Å². The largest absolute Gasteiger partial charge is 0.377 e. The number of hydrogen-bond donors (Lipinski definition) is 0. The highest BCUT2D eigenvalue weighted by molar-refractivity contribution is 6.67. The van der Waals surface area contributed by atoms with E-state index in [-0.39, 0.29) is 6.79 Å². The van der Waals surface area contributed by atoms with Crippen molar-refractivity contribution in [2.24, 2.45) is 0 Å². The van der Waals surface area contributed by atoms with E-state index in [2.05, 4.69) is 0 Å². The zero-order chi connectivity index (χ0) is 10.4. The van der Waals surface area contributed by atoms with Gasteiger partial charge in [-0.05, 0) is 0 Å². The topological polar surface area (TPSA) is 36.9 Å². The van der Waals surface area contributed by atoms with E-state index in [1.54, 1.807) is 0 Å². The van der Waals surface area contributed by atoms with Gasteiger partial charge < -0.3 is 18.9 Å². The molecule has 0 N–H and O–H groups in total. The summed E-state index contributed by atoms with van der Waals surface area (Å²) in [6, 6.07) is 0. The van der Waals surface area contributed by atoms with Gasteiger partial charge in [0.15, 0.2) is 0 Å². The lowest BCUT2D eigenvalue weighted by Crippen LogP contribution is -2.34. The second-order valence-corrected chi connectivity index (χ2v) is 4.92. The van der Waals surface area contributed by atoms with Crippen LogP contribution in [0, 0.1) is 0 Å². The van der Waals surface area contributed by atoms with Crippen LogP contribution in [0.5, 0.6) is 0 Å². The van der Waals surface area contributed by atoms with Crippen LogP contribution in [0.2, 0.25) is 0 Å². The summed E-state index contributed by atoms with van der Waals surface area (Å²) in [6.45, 7) is 1.71. The summed E-state index contributed by atoms with van der Waals surface area (Å²) in [5.41, 5.74) is 0. The third-order valence-electron chi connectivity index (χ3n) is 1.44. The molecule has 1 rings (SSSR count). The summed E-state index contributed by atoms with van der Waals surface area (Å²) < 4.78 is 18.8. The molecule has 1 saturated heterocycles. The van der Waals surface area contributed by atoms with Crippen molar-refractivity contribution in [1.82, 2.24) is 0 Å². The lowest BCUT2D eigenvalue weighted by Gasteiger charge is -2.25. The number of rotatable bonds is 0. The highest BCUT2D eigenvalue weighted by Crippen LogP contribution is 2.32. The van der Waals surface area contributed by atoms with E-state index in [1.165, 1.54) is 0 Å². The number of hydrogen-bond acceptors (Lipinski definition) is 4. The van der Waals surface area contributed by atoms with Crippen molar-refractivity contribution >= 4 is 34.8 Å². The maximum atomic E-state index is 5.62. The number of ether oxygens (including phenoxy) is 4. The highest BCUT2D eigenvalue weighted by atomic mass is 35.6. The Morgan fingerprint density at radius 2 is 1.50 bits per heavy atom. The molecule has 1 unspecified atom stereocenters. The Labute approximate surface area is 97.3 Å². The summed E-state index contributed by atoms with van der Waals surface area (Å²) in [4.78, 5) is 0. The minimum atomic E-state index is -1.62. The van der Waals surface area contributed by atoms with Crippen molar-refractivity contribution in [3.8, 4) is 0 Å². The van der Waals surface area contributed by atoms with Gasteiger partial charge in [0.25, 0.3) is 0 Å². The molecule has 7 heteroatoms. The van der Waals surface area contributed by atoms with Crippen molar-refractivity contribution in [1.29, 1.82) is 0 Å². The maximum absolute atomic E-state index is 5.62. The van der Waals surface area contributed by atoms with Gasteiger partial charge in [0.2, 0.25) is 10.1 Å². The molecule has 84 valence electrons. The minimum Gasteiger partial charge on any atom is -0.377 e. The van der Waals surface area contributed by atoms with Gasteiger partial charge in [0.1, 0.15) is 6.79 Å². The van der Waals surface area contributed by atoms with Gasteiger partial charge in [0, 0.05) is 0 Å². The molecule has 1 aliphatic heterocycles. The third kappa shape index (κ3) is 4.98. The Hall–Kier alpha value is 0.710. The van der Waals surface area contributed by atoms with Crippen molar-refractivity contribution in [3.63, 3.8) is 0 Å². The highest BCUT2D eigenvalue weighted by Gasteiger charge is 2.34. The third-order valence-corrected chi connectivity index (χ3v) is 1.97. The van der Waals surface area contributed by atoms with E-state index in [4.69, 9.17) is 53.8 Å². The molecule has 0 aromatic rings. The average molecular weight is 266 g/mol. The van der Waals surface area contributed by atoms with Crippen LogP contribution < -0.4 is 0 Å². The normalized spacial score (nSPS) is 27.2. The molecule has 1 aliphatic rings. The lowest BCUT2D eigenvalue weighted by atomic mass is 10.6. The van der Waals surface area contributed by atoms with Gasteiger partial charge in [-0.15, -0.1) is 0 Å². The molecule has 4 nitrogen and oxygen atoms in total. The van der Waals surface area contributed by atoms with Crippen molar-refractivity contribution < 1.29 is 18.9 Å². The van der Waals surface area contributed by atoms with Crippen molar-refractivity contribution in [2.45, 2.75) is 10.1 Å². The number of halogens is 3. The molecular weight excluding hydrogens is 254 g/mol. The molecule has 1 atom stereocenters. The van der Waals surface area contributed by atoms with Gasteiger partial charge in [-0.3, -0.25) is 0 Å². The first-order valence-corrected chi connectivity index (χ1v) is 5.19. The Bertz CT molecular complexity index is 152. The molecule has 0 aromatic carbocycles. The molecule has 14 heavy (non-hydrogen) atoms. The molecule has 1 fully saturated rings. The summed E-state index contributed by atoms with van der Waals surface area (Å²) in [6.07, 6.45) is -0.936. The average Bonchev–Trinajstić information content (AvgIpc) is 2.12. The molecular formula is C7H11Cl3O4. The van der Waals surface area contributed by atoms with Crippen LogP contribution >= 0.6 is 34.8 Å². The number of alkyl halides is 3. The van der Waals surface area contributed by atoms with Gasteiger partial charge in [0.05, 0.1) is 26.4 Å². The summed E-state index contributed by atoms with van der Waals surface area (Å²) in [5, 5.41) is 0. The summed E-state index contributed by atoms with van der Waals surface area (Å²) in [7, 11) is 0. The molecule has 1 heterocycles. The van der Waals surface area contributed by atoms with Crippen molar-refractivity contribution in [3.05, 3.63) is 0 Å². The van der Waals surface area contributed by atoms with Gasteiger partial charge >= 0.3 is 0 Å². The SMILES string of the molecule is ClC(Cl)(Cl)C1OCCOCCOCO1. The first-order chi connectivity index (χ1) is 6.61. The molecule has 0 radical (unpaired) electrons. The standard InChI is InChI=1S/C7H11Cl3O4/c8-7(9,10)6-13-4-3-11-1-2-12-5-14-6/h6H,1-5H2. The van der Waals surface area contributed by atoms with Crippen LogP contribution in [-0.2, 0) is 18.9 Å². The zero-order valence-corrected chi connectivity index (χ0v) is 9.65. The smallest absolute Gasteiger partial charge is 0.240 e. The predicted molar refractivity (Wildman–Crippen MR) is 52.8 cm³/mol. The van der Waals surface area contributed by atoms with E-state index in [0.717, 1.165) is 0 Å². The van der Waals surface area contributed by atoms with Crippen molar-refractivity contribution in [2.75, 3.05) is 33.2 Å². The van der Waals surface area contributed by atoms with Crippen LogP contribution in [0.3, 0.4) is 0 Å². The van der Waals surface area contributed by atoms with Gasteiger partial charge in [-0.1, -0.05) is 34.8 Å². The quantitative estimate of drug-likeness (QED) is 0.625. The minimum absolute atomic E-state index is 0.0158. The molecule has 0 spiro atoms.